The second-order valence-electron chi connectivity index (χ2n) is 5.47. The number of benzene rings is 1. The van der Waals surface area contributed by atoms with E-state index in [-0.39, 0.29) is 5.91 Å². The summed E-state index contributed by atoms with van der Waals surface area (Å²) in [5.41, 5.74) is 7.07. The van der Waals surface area contributed by atoms with Crippen molar-refractivity contribution in [2.75, 3.05) is 45.1 Å². The predicted molar refractivity (Wildman–Crippen MR) is 77.6 cm³/mol. The molecule has 0 aromatic heterocycles. The van der Waals surface area contributed by atoms with E-state index in [0.29, 0.717) is 17.3 Å². The van der Waals surface area contributed by atoms with Gasteiger partial charge in [0.1, 0.15) is 0 Å². The van der Waals surface area contributed by atoms with Crippen molar-refractivity contribution in [2.24, 2.45) is 0 Å². The lowest BCUT2D eigenvalue weighted by atomic mass is 10.2. The third-order valence-corrected chi connectivity index (χ3v) is 4.15. The van der Waals surface area contributed by atoms with Crippen LogP contribution in [0.5, 0.6) is 0 Å². The number of ether oxygens (including phenoxy) is 1. The van der Waals surface area contributed by atoms with Gasteiger partial charge in [-0.2, -0.15) is 0 Å². The number of rotatable bonds is 2. The smallest absolute Gasteiger partial charge is 0.253 e. The van der Waals surface area contributed by atoms with Gasteiger partial charge in [-0.3, -0.25) is 9.69 Å². The van der Waals surface area contributed by atoms with Crippen LogP contribution in [0.3, 0.4) is 0 Å². The van der Waals surface area contributed by atoms with E-state index >= 15 is 0 Å². The first-order chi connectivity index (χ1) is 9.74. The highest BCUT2D eigenvalue weighted by molar-refractivity contribution is 5.95. The van der Waals surface area contributed by atoms with Gasteiger partial charge >= 0.3 is 0 Å². The van der Waals surface area contributed by atoms with Crippen LogP contribution in [0.2, 0.25) is 0 Å². The van der Waals surface area contributed by atoms with Crippen molar-refractivity contribution in [3.8, 4) is 0 Å². The van der Waals surface area contributed by atoms with Gasteiger partial charge in [-0.05, 0) is 24.6 Å². The summed E-state index contributed by atoms with van der Waals surface area (Å²) in [6, 6.07) is 7.70. The lowest BCUT2D eigenvalue weighted by molar-refractivity contribution is 0.0185. The number of amides is 1. The molecule has 0 radical (unpaired) electrons. The third-order valence-electron chi connectivity index (χ3n) is 4.15. The highest BCUT2D eigenvalue weighted by atomic mass is 16.5. The fourth-order valence-corrected chi connectivity index (χ4v) is 3.02. The normalized spacial score (nSPS) is 24.0. The minimum absolute atomic E-state index is 0.0908. The fourth-order valence-electron chi connectivity index (χ4n) is 3.02. The number of anilines is 1. The minimum atomic E-state index is 0.0908. The van der Waals surface area contributed by atoms with Crippen LogP contribution < -0.4 is 5.73 Å². The molecule has 1 unspecified atom stereocenters. The molecule has 1 aromatic rings. The van der Waals surface area contributed by atoms with Crippen molar-refractivity contribution in [3.63, 3.8) is 0 Å². The van der Waals surface area contributed by atoms with Gasteiger partial charge in [0.05, 0.1) is 13.2 Å². The number of morpholine rings is 1. The molecule has 5 nitrogen and oxygen atoms in total. The third kappa shape index (κ3) is 2.78. The molecule has 2 heterocycles. The molecule has 2 fully saturated rings. The Labute approximate surface area is 119 Å². The van der Waals surface area contributed by atoms with Gasteiger partial charge in [0.25, 0.3) is 5.91 Å². The summed E-state index contributed by atoms with van der Waals surface area (Å²) in [5, 5.41) is 0. The van der Waals surface area contributed by atoms with Crippen molar-refractivity contribution in [2.45, 2.75) is 12.5 Å². The van der Waals surface area contributed by atoms with Crippen LogP contribution in [0.15, 0.2) is 24.3 Å². The molecule has 0 spiro atoms. The van der Waals surface area contributed by atoms with E-state index in [9.17, 15) is 4.79 Å². The minimum Gasteiger partial charge on any atom is -0.399 e. The number of nitrogens with two attached hydrogens (primary N) is 1. The lowest BCUT2D eigenvalue weighted by Gasteiger charge is -2.32. The highest BCUT2D eigenvalue weighted by Crippen LogP contribution is 2.19. The van der Waals surface area contributed by atoms with Crippen LogP contribution in [-0.2, 0) is 4.74 Å². The molecule has 5 heteroatoms. The summed E-state index contributed by atoms with van der Waals surface area (Å²) in [4.78, 5) is 16.8. The molecule has 2 N–H and O–H groups in total. The molecule has 0 saturated carbocycles. The van der Waals surface area contributed by atoms with Gasteiger partial charge in [0.15, 0.2) is 0 Å². The molecule has 1 amide bonds. The van der Waals surface area contributed by atoms with E-state index < -0.39 is 0 Å². The van der Waals surface area contributed by atoms with Gasteiger partial charge in [-0.25, -0.2) is 0 Å². The summed E-state index contributed by atoms with van der Waals surface area (Å²) in [6.07, 6.45) is 1.05. The largest absolute Gasteiger partial charge is 0.399 e. The van der Waals surface area contributed by atoms with E-state index in [4.69, 9.17) is 10.5 Å². The number of carbonyl (C=O) groups is 1. The van der Waals surface area contributed by atoms with Crippen molar-refractivity contribution in [3.05, 3.63) is 29.8 Å². The van der Waals surface area contributed by atoms with Crippen LogP contribution in [0.25, 0.3) is 0 Å². The number of hydrogen-bond acceptors (Lipinski definition) is 4. The monoisotopic (exact) mass is 275 g/mol. The number of nitrogen functional groups attached to an aromatic ring is 1. The molecule has 2 aliphatic rings. The zero-order valence-electron chi connectivity index (χ0n) is 11.6. The van der Waals surface area contributed by atoms with Crippen molar-refractivity contribution in [1.82, 2.24) is 9.80 Å². The van der Waals surface area contributed by atoms with Crippen LogP contribution in [-0.4, -0.2) is 61.1 Å². The van der Waals surface area contributed by atoms with Gasteiger partial charge < -0.3 is 15.4 Å². The summed E-state index contributed by atoms with van der Waals surface area (Å²) in [5.74, 6) is 0.0908. The first-order valence-corrected chi connectivity index (χ1v) is 7.20. The Morgan fingerprint density at radius 2 is 2.05 bits per heavy atom. The van der Waals surface area contributed by atoms with E-state index in [1.54, 1.807) is 12.1 Å². The fraction of sp³-hybridized carbons (Fsp3) is 0.533. The highest BCUT2D eigenvalue weighted by Gasteiger charge is 2.31. The van der Waals surface area contributed by atoms with E-state index in [0.717, 1.165) is 45.8 Å². The van der Waals surface area contributed by atoms with Crippen LogP contribution >= 0.6 is 0 Å². The zero-order valence-corrected chi connectivity index (χ0v) is 11.6. The van der Waals surface area contributed by atoms with Gasteiger partial charge in [-0.15, -0.1) is 0 Å². The topological polar surface area (TPSA) is 58.8 Å². The number of carbonyl (C=O) groups excluding carboxylic acids is 1. The molecule has 20 heavy (non-hydrogen) atoms. The summed E-state index contributed by atoms with van der Waals surface area (Å²) < 4.78 is 5.38. The second kappa shape index (κ2) is 5.81. The van der Waals surface area contributed by atoms with Crippen molar-refractivity contribution < 1.29 is 9.53 Å². The van der Waals surface area contributed by atoms with Crippen LogP contribution in [0.1, 0.15) is 16.8 Å². The molecule has 0 aliphatic carbocycles. The number of nitrogens with zero attached hydrogens (tertiary/aromatic N) is 2. The average Bonchev–Trinajstić information content (AvgIpc) is 2.97. The number of likely N-dealkylation sites (tertiary alicyclic amines) is 1. The lowest BCUT2D eigenvalue weighted by Crippen LogP contribution is -2.45. The predicted octanol–water partition coefficient (Wildman–Crippen LogP) is 0.816. The molecule has 2 saturated heterocycles. The molecule has 108 valence electrons. The molecule has 2 aliphatic heterocycles. The molecule has 0 bridgehead atoms. The Balaban J connectivity index is 1.63. The summed E-state index contributed by atoms with van der Waals surface area (Å²) in [7, 11) is 0. The maximum Gasteiger partial charge on any atom is 0.253 e. The van der Waals surface area contributed by atoms with E-state index in [2.05, 4.69) is 4.90 Å². The molecular weight excluding hydrogens is 254 g/mol. The first-order valence-electron chi connectivity index (χ1n) is 7.20. The van der Waals surface area contributed by atoms with Gasteiger partial charge in [0.2, 0.25) is 0 Å². The zero-order chi connectivity index (χ0) is 13.9. The summed E-state index contributed by atoms with van der Waals surface area (Å²) >= 11 is 0. The maximum absolute atomic E-state index is 12.5. The Hall–Kier alpha value is -1.59. The van der Waals surface area contributed by atoms with Crippen molar-refractivity contribution in [1.29, 1.82) is 0 Å². The van der Waals surface area contributed by atoms with Gasteiger partial charge in [0, 0.05) is 43.5 Å². The number of hydrogen-bond donors (Lipinski definition) is 1. The Morgan fingerprint density at radius 1 is 1.25 bits per heavy atom. The average molecular weight is 275 g/mol. The standard InChI is InChI=1S/C15H21N3O2/c16-13-3-1-2-12(10-13)15(19)18-5-4-14(11-18)17-6-8-20-9-7-17/h1-3,10,14H,4-9,11,16H2. The SMILES string of the molecule is Nc1cccc(C(=O)N2CCC(N3CCOCC3)C2)c1. The molecule has 1 atom stereocenters. The van der Waals surface area contributed by atoms with Crippen LogP contribution in [0, 0.1) is 0 Å². The molecule has 1 aromatic carbocycles. The Kier molecular flexibility index (Phi) is 3.89. The van der Waals surface area contributed by atoms with Crippen LogP contribution in [0.4, 0.5) is 5.69 Å². The summed E-state index contributed by atoms with van der Waals surface area (Å²) in [6.45, 7) is 5.21. The molecular formula is C15H21N3O2. The van der Waals surface area contributed by atoms with E-state index in [1.165, 1.54) is 0 Å². The first kappa shape index (κ1) is 13.4. The molecule has 3 rings (SSSR count). The maximum atomic E-state index is 12.5. The van der Waals surface area contributed by atoms with Gasteiger partial charge in [-0.1, -0.05) is 6.07 Å². The van der Waals surface area contributed by atoms with E-state index in [1.807, 2.05) is 17.0 Å². The quantitative estimate of drug-likeness (QED) is 0.812. The van der Waals surface area contributed by atoms with Crippen molar-refractivity contribution >= 4 is 11.6 Å². The Bertz CT molecular complexity index is 486. The second-order valence-corrected chi connectivity index (χ2v) is 5.47. The Morgan fingerprint density at radius 3 is 2.80 bits per heavy atom.